The quantitative estimate of drug-likeness (QED) is 0.636. The van der Waals surface area contributed by atoms with Gasteiger partial charge in [0.15, 0.2) is 6.61 Å². The summed E-state index contributed by atoms with van der Waals surface area (Å²) in [7, 11) is 0. The van der Waals surface area contributed by atoms with Crippen molar-refractivity contribution in [1.29, 1.82) is 0 Å². The molecule has 1 aliphatic rings. The standard InChI is InChI=1S/C24H22N2O5/c1-15-12-18(9-5-8-16-6-3-2-4-7-16)31-24(29)22(15)23(28)25-17-10-11-19-20(13-17)30-14-21(27)26-19/h2-4,6-7,10-13H,5,8-9,14H2,1H3,(H,25,28)(H,26,27). The smallest absolute Gasteiger partial charge is 0.349 e. The molecule has 31 heavy (non-hydrogen) atoms. The first kappa shape index (κ1) is 20.4. The number of anilines is 2. The Hall–Kier alpha value is -3.87. The predicted octanol–water partition coefficient (Wildman–Crippen LogP) is 3.71. The summed E-state index contributed by atoms with van der Waals surface area (Å²) in [6.07, 6.45) is 2.33. The molecule has 7 nitrogen and oxygen atoms in total. The average Bonchev–Trinajstić information content (AvgIpc) is 2.74. The van der Waals surface area contributed by atoms with E-state index < -0.39 is 11.5 Å². The maximum atomic E-state index is 12.7. The van der Waals surface area contributed by atoms with Gasteiger partial charge in [0, 0.05) is 18.2 Å². The Kier molecular flexibility index (Phi) is 5.84. The van der Waals surface area contributed by atoms with Gasteiger partial charge in [-0.1, -0.05) is 30.3 Å². The molecule has 2 N–H and O–H groups in total. The second kappa shape index (κ2) is 8.87. The van der Waals surface area contributed by atoms with E-state index in [1.165, 1.54) is 5.56 Å². The number of hydrogen-bond acceptors (Lipinski definition) is 5. The maximum Gasteiger partial charge on any atom is 0.349 e. The molecule has 0 bridgehead atoms. The van der Waals surface area contributed by atoms with Gasteiger partial charge in [-0.05, 0) is 49.1 Å². The first-order valence-electron chi connectivity index (χ1n) is 10.1. The summed E-state index contributed by atoms with van der Waals surface area (Å²) in [4.78, 5) is 36.6. The van der Waals surface area contributed by atoms with Crippen molar-refractivity contribution >= 4 is 23.2 Å². The van der Waals surface area contributed by atoms with Gasteiger partial charge in [-0.25, -0.2) is 4.79 Å². The molecule has 158 valence electrons. The minimum absolute atomic E-state index is 0.0289. The van der Waals surface area contributed by atoms with Crippen LogP contribution in [0.4, 0.5) is 11.4 Å². The van der Waals surface area contributed by atoms with Crippen LogP contribution in [0.5, 0.6) is 5.75 Å². The third-order valence-electron chi connectivity index (χ3n) is 5.03. The molecule has 2 amide bonds. The molecule has 0 atom stereocenters. The lowest BCUT2D eigenvalue weighted by molar-refractivity contribution is -0.118. The fraction of sp³-hybridized carbons (Fsp3) is 0.208. The summed E-state index contributed by atoms with van der Waals surface area (Å²) >= 11 is 0. The first-order chi connectivity index (χ1) is 15.0. The lowest BCUT2D eigenvalue weighted by Crippen LogP contribution is -2.26. The van der Waals surface area contributed by atoms with E-state index in [1.807, 2.05) is 18.2 Å². The molecule has 1 aliphatic heterocycles. The van der Waals surface area contributed by atoms with Crippen LogP contribution in [-0.4, -0.2) is 18.4 Å². The van der Waals surface area contributed by atoms with Crippen LogP contribution < -0.4 is 21.0 Å². The van der Waals surface area contributed by atoms with Crippen LogP contribution in [0.25, 0.3) is 0 Å². The van der Waals surface area contributed by atoms with Crippen molar-refractivity contribution in [3.8, 4) is 5.75 Å². The summed E-state index contributed by atoms with van der Waals surface area (Å²) in [6, 6.07) is 16.7. The predicted molar refractivity (Wildman–Crippen MR) is 117 cm³/mol. The fourth-order valence-electron chi connectivity index (χ4n) is 3.53. The van der Waals surface area contributed by atoms with Crippen LogP contribution in [0.3, 0.4) is 0 Å². The molecule has 7 heteroatoms. The van der Waals surface area contributed by atoms with E-state index in [-0.39, 0.29) is 18.1 Å². The van der Waals surface area contributed by atoms with Crippen molar-refractivity contribution in [2.75, 3.05) is 17.2 Å². The molecule has 2 heterocycles. The van der Waals surface area contributed by atoms with Gasteiger partial charge >= 0.3 is 5.63 Å². The Balaban J connectivity index is 1.43. The average molecular weight is 418 g/mol. The molecule has 0 radical (unpaired) electrons. The second-order valence-corrected chi connectivity index (χ2v) is 7.40. The number of rotatable bonds is 6. The van der Waals surface area contributed by atoms with E-state index in [0.29, 0.717) is 34.9 Å². The number of nitrogens with one attached hydrogen (secondary N) is 2. The largest absolute Gasteiger partial charge is 0.482 e. The van der Waals surface area contributed by atoms with E-state index >= 15 is 0 Å². The van der Waals surface area contributed by atoms with Crippen LogP contribution in [0.1, 0.15) is 33.7 Å². The van der Waals surface area contributed by atoms with E-state index in [2.05, 4.69) is 22.8 Å². The van der Waals surface area contributed by atoms with Crippen molar-refractivity contribution in [1.82, 2.24) is 0 Å². The van der Waals surface area contributed by atoms with Gasteiger partial charge in [-0.2, -0.15) is 0 Å². The van der Waals surface area contributed by atoms with Crippen molar-refractivity contribution in [3.05, 3.63) is 87.5 Å². The lowest BCUT2D eigenvalue weighted by atomic mass is 10.1. The Morgan fingerprint density at radius 3 is 2.65 bits per heavy atom. The molecular formula is C24H22N2O5. The molecule has 0 saturated carbocycles. The van der Waals surface area contributed by atoms with E-state index in [4.69, 9.17) is 9.15 Å². The Morgan fingerprint density at radius 2 is 1.87 bits per heavy atom. The number of fused-ring (bicyclic) bond motifs is 1. The van der Waals surface area contributed by atoms with E-state index in [0.717, 1.165) is 12.8 Å². The van der Waals surface area contributed by atoms with Crippen LogP contribution in [0.2, 0.25) is 0 Å². The highest BCUT2D eigenvalue weighted by Gasteiger charge is 2.20. The van der Waals surface area contributed by atoms with Crippen LogP contribution in [0.15, 0.2) is 63.8 Å². The molecule has 0 unspecified atom stereocenters. The van der Waals surface area contributed by atoms with Gasteiger partial charge in [0.05, 0.1) is 5.69 Å². The Bertz CT molecular complexity index is 1180. The minimum Gasteiger partial charge on any atom is -0.482 e. The number of amides is 2. The van der Waals surface area contributed by atoms with Gasteiger partial charge < -0.3 is 19.8 Å². The van der Waals surface area contributed by atoms with Crippen LogP contribution in [-0.2, 0) is 17.6 Å². The zero-order valence-electron chi connectivity index (χ0n) is 17.1. The highest BCUT2D eigenvalue weighted by molar-refractivity contribution is 6.05. The Morgan fingerprint density at radius 1 is 1.06 bits per heavy atom. The number of carbonyl (C=O) groups excluding carboxylic acids is 2. The zero-order valence-corrected chi connectivity index (χ0v) is 17.1. The summed E-state index contributed by atoms with van der Waals surface area (Å²) in [6.45, 7) is 1.64. The number of hydrogen-bond donors (Lipinski definition) is 2. The Labute approximate surface area is 179 Å². The summed E-state index contributed by atoms with van der Waals surface area (Å²) in [5.74, 6) is 0.228. The normalized spacial score (nSPS) is 12.5. The van der Waals surface area contributed by atoms with Crippen molar-refractivity contribution < 1.29 is 18.7 Å². The lowest BCUT2D eigenvalue weighted by Gasteiger charge is -2.18. The van der Waals surface area contributed by atoms with Gasteiger partial charge in [-0.15, -0.1) is 0 Å². The fourth-order valence-corrected chi connectivity index (χ4v) is 3.53. The molecule has 3 aromatic rings. The van der Waals surface area contributed by atoms with Gasteiger partial charge in [0.25, 0.3) is 11.8 Å². The first-order valence-corrected chi connectivity index (χ1v) is 10.1. The number of benzene rings is 2. The molecule has 1 aromatic heterocycles. The van der Waals surface area contributed by atoms with Crippen molar-refractivity contribution in [2.24, 2.45) is 0 Å². The molecule has 4 rings (SSSR count). The minimum atomic E-state index is -0.659. The van der Waals surface area contributed by atoms with E-state index in [9.17, 15) is 14.4 Å². The monoisotopic (exact) mass is 418 g/mol. The molecular weight excluding hydrogens is 396 g/mol. The zero-order chi connectivity index (χ0) is 21.8. The topological polar surface area (TPSA) is 97.6 Å². The summed E-state index contributed by atoms with van der Waals surface area (Å²) in [5, 5.41) is 5.38. The molecule has 0 saturated heterocycles. The maximum absolute atomic E-state index is 12.7. The molecule has 0 spiro atoms. The third kappa shape index (κ3) is 4.83. The van der Waals surface area contributed by atoms with Crippen LogP contribution in [0, 0.1) is 6.92 Å². The van der Waals surface area contributed by atoms with Crippen molar-refractivity contribution in [2.45, 2.75) is 26.2 Å². The highest BCUT2D eigenvalue weighted by atomic mass is 16.5. The molecule has 0 aliphatic carbocycles. The highest BCUT2D eigenvalue weighted by Crippen LogP contribution is 2.30. The molecule has 2 aromatic carbocycles. The summed E-state index contributed by atoms with van der Waals surface area (Å²) in [5.41, 5.74) is 2.08. The van der Waals surface area contributed by atoms with Gasteiger partial charge in [-0.3, -0.25) is 9.59 Å². The van der Waals surface area contributed by atoms with Crippen LogP contribution >= 0.6 is 0 Å². The van der Waals surface area contributed by atoms with Gasteiger partial charge in [0.2, 0.25) is 0 Å². The number of carbonyl (C=O) groups is 2. The third-order valence-corrected chi connectivity index (χ3v) is 5.03. The summed E-state index contributed by atoms with van der Waals surface area (Å²) < 4.78 is 10.8. The number of ether oxygens (including phenoxy) is 1. The SMILES string of the molecule is Cc1cc(CCCc2ccccc2)oc(=O)c1C(=O)Nc1ccc2c(c1)OCC(=O)N2. The van der Waals surface area contributed by atoms with E-state index in [1.54, 1.807) is 31.2 Å². The number of aryl methyl sites for hydroxylation is 3. The molecule has 0 fully saturated rings. The second-order valence-electron chi connectivity index (χ2n) is 7.40. The van der Waals surface area contributed by atoms with Crippen molar-refractivity contribution in [3.63, 3.8) is 0 Å². The van der Waals surface area contributed by atoms with Gasteiger partial charge in [0.1, 0.15) is 17.1 Å².